The first kappa shape index (κ1) is 30.2. The highest BCUT2D eigenvalue weighted by atomic mass is 16.5. The van der Waals surface area contributed by atoms with Crippen molar-refractivity contribution in [3.05, 3.63) is 128 Å². The monoisotopic (exact) mass is 588 g/mol. The number of aromatic amines is 1. The third-order valence-electron chi connectivity index (χ3n) is 7.94. The van der Waals surface area contributed by atoms with E-state index in [4.69, 9.17) is 18.9 Å². The van der Waals surface area contributed by atoms with E-state index in [-0.39, 0.29) is 19.6 Å². The van der Waals surface area contributed by atoms with Gasteiger partial charge in [0.05, 0.1) is 39.6 Å². The van der Waals surface area contributed by atoms with Crippen molar-refractivity contribution < 1.29 is 29.2 Å². The Labute approximate surface area is 249 Å². The van der Waals surface area contributed by atoms with Gasteiger partial charge in [0.15, 0.2) is 0 Å². The molecule has 1 saturated heterocycles. The van der Waals surface area contributed by atoms with Crippen LogP contribution in [-0.4, -0.2) is 65.5 Å². The van der Waals surface area contributed by atoms with Gasteiger partial charge < -0.3 is 29.2 Å². The van der Waals surface area contributed by atoms with Crippen LogP contribution in [0.4, 0.5) is 0 Å². The van der Waals surface area contributed by atoms with Crippen LogP contribution >= 0.6 is 0 Å². The summed E-state index contributed by atoms with van der Waals surface area (Å²) in [6.07, 6.45) is -1.54. The lowest BCUT2D eigenvalue weighted by Crippen LogP contribution is -2.43. The van der Waals surface area contributed by atoms with Crippen LogP contribution in [0.2, 0.25) is 0 Å². The maximum absolute atomic E-state index is 12.6. The first-order valence-corrected chi connectivity index (χ1v) is 14.1. The highest BCUT2D eigenvalue weighted by Gasteiger charge is 2.43. The molecule has 1 aliphatic heterocycles. The summed E-state index contributed by atoms with van der Waals surface area (Å²) in [4.78, 5) is 26.8. The Morgan fingerprint density at radius 1 is 0.930 bits per heavy atom. The molecule has 226 valence electrons. The van der Waals surface area contributed by atoms with Gasteiger partial charge in [-0.2, -0.15) is 0 Å². The van der Waals surface area contributed by atoms with Crippen LogP contribution in [0.15, 0.2) is 94.6 Å². The van der Waals surface area contributed by atoms with Crippen LogP contribution in [0.25, 0.3) is 0 Å². The molecule has 0 bridgehead atoms. The smallest absolute Gasteiger partial charge is 0.328 e. The van der Waals surface area contributed by atoms with Crippen molar-refractivity contribution in [2.45, 2.75) is 43.3 Å². The minimum absolute atomic E-state index is 0.0660. The molecule has 1 aliphatic rings. The Morgan fingerprint density at radius 2 is 1.49 bits per heavy atom. The lowest BCUT2D eigenvalue weighted by Gasteiger charge is -2.36. The van der Waals surface area contributed by atoms with Gasteiger partial charge in [0, 0.05) is 11.8 Å². The summed E-state index contributed by atoms with van der Waals surface area (Å²) >= 11 is 0. The summed E-state index contributed by atoms with van der Waals surface area (Å²) < 4.78 is 24.6. The molecule has 1 aromatic heterocycles. The van der Waals surface area contributed by atoms with Gasteiger partial charge in [-0.15, -0.1) is 0 Å². The van der Waals surface area contributed by atoms with Gasteiger partial charge in [-0.3, -0.25) is 14.3 Å². The minimum Gasteiger partial charge on any atom is -0.497 e. The minimum atomic E-state index is -1.10. The predicted molar refractivity (Wildman–Crippen MR) is 160 cm³/mol. The van der Waals surface area contributed by atoms with Gasteiger partial charge in [-0.1, -0.05) is 54.6 Å². The number of H-pyrrole nitrogens is 1. The zero-order chi connectivity index (χ0) is 30.6. The molecule has 2 unspecified atom stereocenters. The highest BCUT2D eigenvalue weighted by molar-refractivity contribution is 5.49. The van der Waals surface area contributed by atoms with Gasteiger partial charge in [-0.05, 0) is 54.3 Å². The lowest BCUT2D eigenvalue weighted by molar-refractivity contribution is -0.0516. The molecule has 10 nitrogen and oxygen atoms in total. The zero-order valence-corrected chi connectivity index (χ0v) is 24.3. The fraction of sp³-hybridized carbons (Fsp3) is 0.333. The molecule has 43 heavy (non-hydrogen) atoms. The summed E-state index contributed by atoms with van der Waals surface area (Å²) in [6.45, 7) is 1.59. The second-order valence-electron chi connectivity index (χ2n) is 10.5. The van der Waals surface area contributed by atoms with Crippen molar-refractivity contribution in [3.8, 4) is 11.5 Å². The number of methoxy groups -OCH3 is 2. The Morgan fingerprint density at radius 3 is 2.05 bits per heavy atom. The fourth-order valence-corrected chi connectivity index (χ4v) is 5.69. The van der Waals surface area contributed by atoms with E-state index in [9.17, 15) is 19.8 Å². The molecule has 5 rings (SSSR count). The molecular formula is C33H36N2O8. The lowest BCUT2D eigenvalue weighted by atomic mass is 9.80. The Bertz CT molecular complexity index is 1570. The number of benzene rings is 3. The topological polar surface area (TPSA) is 132 Å². The number of aliphatic hydroxyl groups is 2. The number of nitrogens with zero attached hydrogens (tertiary/aromatic N) is 1. The first-order valence-electron chi connectivity index (χ1n) is 14.1. The first-order chi connectivity index (χ1) is 20.8. The molecule has 0 saturated carbocycles. The number of aromatic nitrogens is 2. The van der Waals surface area contributed by atoms with E-state index in [1.54, 1.807) is 21.1 Å². The van der Waals surface area contributed by atoms with Crippen molar-refractivity contribution in [3.63, 3.8) is 0 Å². The largest absolute Gasteiger partial charge is 0.497 e. The normalized spacial score (nSPS) is 19.2. The van der Waals surface area contributed by atoms with Crippen LogP contribution in [0.3, 0.4) is 0 Å². The van der Waals surface area contributed by atoms with E-state index in [1.165, 1.54) is 10.8 Å². The predicted octanol–water partition coefficient (Wildman–Crippen LogP) is 2.92. The second-order valence-corrected chi connectivity index (χ2v) is 10.5. The third-order valence-corrected chi connectivity index (χ3v) is 7.94. The summed E-state index contributed by atoms with van der Waals surface area (Å²) in [5.41, 5.74) is 0.624. The van der Waals surface area contributed by atoms with Crippen molar-refractivity contribution >= 4 is 0 Å². The second kappa shape index (κ2) is 13.0. The average Bonchev–Trinajstić information content (AvgIpc) is 3.42. The fourth-order valence-electron chi connectivity index (χ4n) is 5.69. The number of rotatable bonds is 11. The average molecular weight is 589 g/mol. The summed E-state index contributed by atoms with van der Waals surface area (Å²) in [5.74, 6) is 1.40. The van der Waals surface area contributed by atoms with E-state index in [0.717, 1.165) is 16.7 Å². The molecular weight excluding hydrogens is 552 g/mol. The maximum atomic E-state index is 12.6. The molecule has 1 fully saturated rings. The van der Waals surface area contributed by atoms with Gasteiger partial charge >= 0.3 is 5.69 Å². The van der Waals surface area contributed by atoms with Crippen LogP contribution < -0.4 is 20.7 Å². The Balaban J connectivity index is 1.48. The van der Waals surface area contributed by atoms with Crippen molar-refractivity contribution in [2.24, 2.45) is 0 Å². The van der Waals surface area contributed by atoms with Crippen LogP contribution in [0.5, 0.6) is 11.5 Å². The van der Waals surface area contributed by atoms with E-state index in [1.807, 2.05) is 78.9 Å². The maximum Gasteiger partial charge on any atom is 0.328 e. The number of aryl methyl sites for hydroxylation is 1. The van der Waals surface area contributed by atoms with E-state index in [0.29, 0.717) is 17.1 Å². The van der Waals surface area contributed by atoms with Gasteiger partial charge in [0.25, 0.3) is 5.56 Å². The van der Waals surface area contributed by atoms with Crippen LogP contribution in [-0.2, 0) is 15.1 Å². The van der Waals surface area contributed by atoms with E-state index in [2.05, 4.69) is 4.98 Å². The molecule has 10 heteroatoms. The highest BCUT2D eigenvalue weighted by Crippen LogP contribution is 2.42. The molecule has 2 heterocycles. The number of hydrogen-bond acceptors (Lipinski definition) is 8. The third kappa shape index (κ3) is 6.00. The molecule has 3 aromatic carbocycles. The van der Waals surface area contributed by atoms with Crippen molar-refractivity contribution in [1.82, 2.24) is 9.55 Å². The standard InChI is InChI=1S/C33H36N2O8/c1-21-19-35(32(39)34-31(21)38)29-28(37)20-42-30(29)27(36)17-18-43-33(22-7-5-4-6-8-22,23-9-13-25(40-2)14-10-23)24-11-15-26(41-3)16-12-24/h4-16,19,27-30,36-37H,17-18,20H2,1-3H3,(H,34,38,39)/t27-,28?,29+,30?/m0/s1. The van der Waals surface area contributed by atoms with Gasteiger partial charge in [0.1, 0.15) is 29.3 Å². The SMILES string of the molecule is COc1ccc(C(OCC[C@H](O)C2OCC(O)[C@H]2n2cc(C)c(=O)[nH]c2=O)(c2ccccc2)c2ccc(OC)cc2)cc1. The van der Waals surface area contributed by atoms with E-state index >= 15 is 0 Å². The molecule has 4 aromatic rings. The zero-order valence-electron chi connectivity index (χ0n) is 24.3. The summed E-state index contributed by atoms with van der Waals surface area (Å²) in [6, 6.07) is 24.2. The molecule has 0 aliphatic carbocycles. The summed E-state index contributed by atoms with van der Waals surface area (Å²) in [7, 11) is 3.22. The Kier molecular flexibility index (Phi) is 9.12. The van der Waals surface area contributed by atoms with Crippen molar-refractivity contribution in [2.75, 3.05) is 27.4 Å². The van der Waals surface area contributed by atoms with Crippen LogP contribution in [0.1, 0.15) is 34.7 Å². The van der Waals surface area contributed by atoms with Crippen LogP contribution in [0, 0.1) is 6.92 Å². The number of ether oxygens (including phenoxy) is 4. The molecule has 0 amide bonds. The number of nitrogens with one attached hydrogen (secondary N) is 1. The molecule has 0 radical (unpaired) electrons. The summed E-state index contributed by atoms with van der Waals surface area (Å²) in [5, 5.41) is 22.0. The molecule has 0 spiro atoms. The van der Waals surface area contributed by atoms with Gasteiger partial charge in [0.2, 0.25) is 0 Å². The van der Waals surface area contributed by atoms with Gasteiger partial charge in [-0.25, -0.2) is 4.79 Å². The number of aliphatic hydroxyl groups excluding tert-OH is 2. The molecule has 4 atom stereocenters. The van der Waals surface area contributed by atoms with E-state index < -0.39 is 41.2 Å². The quantitative estimate of drug-likeness (QED) is 0.228. The molecule has 3 N–H and O–H groups in total. The Hall–Kier alpha value is -4.22. The number of hydrogen-bond donors (Lipinski definition) is 3. The van der Waals surface area contributed by atoms with Crippen molar-refractivity contribution in [1.29, 1.82) is 0 Å².